The fourth-order valence-corrected chi connectivity index (χ4v) is 3.05. The maximum atomic E-state index is 12.7. The van der Waals surface area contributed by atoms with E-state index < -0.39 is 30.9 Å². The van der Waals surface area contributed by atoms with Gasteiger partial charge in [-0.25, -0.2) is 0 Å². The van der Waals surface area contributed by atoms with E-state index in [2.05, 4.69) is 10.6 Å². The quantitative estimate of drug-likeness (QED) is 0.440. The van der Waals surface area contributed by atoms with Crippen molar-refractivity contribution in [2.24, 2.45) is 11.8 Å². The molecule has 0 radical (unpaired) electrons. The molecule has 2 atom stereocenters. The number of hydrogen-bond donors (Lipinski definition) is 4. The summed E-state index contributed by atoms with van der Waals surface area (Å²) in [5.41, 5.74) is 0.227. The maximum absolute atomic E-state index is 12.7. The molecule has 0 aliphatic carbocycles. The predicted octanol–water partition coefficient (Wildman–Crippen LogP) is 2.04. The van der Waals surface area contributed by atoms with Gasteiger partial charge in [0.05, 0.1) is 23.6 Å². The highest BCUT2D eigenvalue weighted by atomic mass is 35.5. The Hall–Kier alpha value is -1.77. The minimum absolute atomic E-state index is 0.130. The van der Waals surface area contributed by atoms with Crippen LogP contribution >= 0.6 is 11.6 Å². The molecule has 28 heavy (non-hydrogen) atoms. The van der Waals surface area contributed by atoms with E-state index in [9.17, 15) is 19.6 Å². The molecular formula is C19H30BClN2O5. The third-order valence-electron chi connectivity index (χ3n) is 4.16. The molecule has 1 rings (SSSR count). The lowest BCUT2D eigenvalue weighted by atomic mass is 9.75. The lowest BCUT2D eigenvalue weighted by molar-refractivity contribution is -0.123. The van der Waals surface area contributed by atoms with Crippen LogP contribution in [0.5, 0.6) is 5.75 Å². The van der Waals surface area contributed by atoms with Crippen molar-refractivity contribution in [1.29, 1.82) is 0 Å². The topological polar surface area (TPSA) is 108 Å². The van der Waals surface area contributed by atoms with E-state index in [0.717, 1.165) is 0 Å². The highest BCUT2D eigenvalue weighted by Crippen LogP contribution is 2.22. The van der Waals surface area contributed by atoms with E-state index in [1.807, 2.05) is 27.7 Å². The first kappa shape index (κ1) is 24.3. The van der Waals surface area contributed by atoms with E-state index >= 15 is 0 Å². The summed E-state index contributed by atoms with van der Waals surface area (Å²) in [6.45, 7) is 7.69. The van der Waals surface area contributed by atoms with Crippen LogP contribution in [0, 0.1) is 11.8 Å². The zero-order valence-electron chi connectivity index (χ0n) is 17.0. The van der Waals surface area contributed by atoms with Gasteiger partial charge in [-0.05, 0) is 42.9 Å². The molecule has 1 aromatic carbocycles. The summed E-state index contributed by atoms with van der Waals surface area (Å²) < 4.78 is 5.07. The van der Waals surface area contributed by atoms with Crippen LogP contribution in [-0.2, 0) is 4.79 Å². The Morgan fingerprint density at radius 3 is 2.18 bits per heavy atom. The summed E-state index contributed by atoms with van der Waals surface area (Å²) in [5, 5.41) is 24.6. The van der Waals surface area contributed by atoms with Crippen molar-refractivity contribution < 1.29 is 24.4 Å². The van der Waals surface area contributed by atoms with Gasteiger partial charge in [-0.1, -0.05) is 39.3 Å². The lowest BCUT2D eigenvalue weighted by Gasteiger charge is -2.25. The van der Waals surface area contributed by atoms with Crippen molar-refractivity contribution >= 4 is 30.5 Å². The first-order valence-corrected chi connectivity index (χ1v) is 9.73. The summed E-state index contributed by atoms with van der Waals surface area (Å²) in [6.07, 6.45) is 0.789. The zero-order chi connectivity index (χ0) is 21.4. The normalized spacial score (nSPS) is 13.2. The zero-order valence-corrected chi connectivity index (χ0v) is 17.8. The van der Waals surface area contributed by atoms with Crippen molar-refractivity contribution in [1.82, 2.24) is 10.6 Å². The summed E-state index contributed by atoms with van der Waals surface area (Å²) in [7, 11) is -0.185. The van der Waals surface area contributed by atoms with Gasteiger partial charge in [0.2, 0.25) is 5.91 Å². The number of benzene rings is 1. The molecular weight excluding hydrogens is 382 g/mol. The summed E-state index contributed by atoms with van der Waals surface area (Å²) in [4.78, 5) is 25.4. The molecule has 2 amide bonds. The Balaban J connectivity index is 2.95. The molecule has 0 aliphatic rings. The van der Waals surface area contributed by atoms with Crippen LogP contribution in [0.2, 0.25) is 5.02 Å². The summed E-state index contributed by atoms with van der Waals surface area (Å²) in [5.74, 6) is -0.965. The van der Waals surface area contributed by atoms with Crippen molar-refractivity contribution in [3.63, 3.8) is 0 Å². The number of carbonyl (C=O) groups excluding carboxylic acids is 2. The van der Waals surface area contributed by atoms with E-state index in [1.165, 1.54) is 19.2 Å². The average Bonchev–Trinajstić information content (AvgIpc) is 2.59. The molecule has 7 nitrogen and oxygen atoms in total. The first-order chi connectivity index (χ1) is 13.0. The van der Waals surface area contributed by atoms with Crippen LogP contribution in [0.25, 0.3) is 0 Å². The monoisotopic (exact) mass is 412 g/mol. The van der Waals surface area contributed by atoms with Crippen molar-refractivity contribution in [2.45, 2.75) is 52.5 Å². The molecule has 0 aliphatic heterocycles. The lowest BCUT2D eigenvalue weighted by Crippen LogP contribution is -2.54. The van der Waals surface area contributed by atoms with E-state index in [0.29, 0.717) is 18.6 Å². The van der Waals surface area contributed by atoms with E-state index in [4.69, 9.17) is 16.3 Å². The van der Waals surface area contributed by atoms with Gasteiger partial charge >= 0.3 is 7.12 Å². The van der Waals surface area contributed by atoms with Crippen LogP contribution in [-0.4, -0.2) is 48.1 Å². The van der Waals surface area contributed by atoms with Gasteiger partial charge < -0.3 is 25.4 Å². The highest BCUT2D eigenvalue weighted by Gasteiger charge is 2.30. The minimum Gasteiger partial charge on any atom is -0.497 e. The molecule has 0 saturated carbocycles. The second-order valence-corrected chi connectivity index (χ2v) is 8.07. The van der Waals surface area contributed by atoms with Crippen LogP contribution in [0.3, 0.4) is 0 Å². The number of ether oxygens (including phenoxy) is 1. The SMILES string of the molecule is COc1ccc(C(=O)N[C@@H](CC(C)C)C(=O)N[C@@H](CC(C)C)B(O)O)c(Cl)c1. The summed E-state index contributed by atoms with van der Waals surface area (Å²) >= 11 is 6.15. The van der Waals surface area contributed by atoms with Crippen LogP contribution in [0.15, 0.2) is 18.2 Å². The van der Waals surface area contributed by atoms with Gasteiger partial charge in [-0.3, -0.25) is 9.59 Å². The second kappa shape index (κ2) is 11.3. The number of amides is 2. The molecule has 0 unspecified atom stereocenters. The Morgan fingerprint density at radius 2 is 1.71 bits per heavy atom. The van der Waals surface area contributed by atoms with E-state index in [-0.39, 0.29) is 22.4 Å². The molecule has 0 spiro atoms. The number of rotatable bonds is 10. The summed E-state index contributed by atoms with van der Waals surface area (Å²) in [6, 6.07) is 3.83. The van der Waals surface area contributed by atoms with Crippen molar-refractivity contribution in [3.8, 4) is 5.75 Å². The van der Waals surface area contributed by atoms with Gasteiger partial charge in [0.1, 0.15) is 11.8 Å². The minimum atomic E-state index is -1.68. The number of methoxy groups -OCH3 is 1. The second-order valence-electron chi connectivity index (χ2n) is 7.66. The Bertz CT molecular complexity index is 670. The Labute approximate surface area is 171 Å². The molecule has 0 heterocycles. The standard InChI is InChI=1S/C19H30BClN2O5/c1-11(2)8-16(19(25)23-17(20(26)27)9-12(3)4)22-18(24)14-7-6-13(28-5)10-15(14)21/h6-7,10-12,16-17,26-27H,8-9H2,1-5H3,(H,22,24)(H,23,25)/t16-,17-/m0/s1. The fourth-order valence-electron chi connectivity index (χ4n) is 2.79. The number of carbonyl (C=O) groups is 2. The number of halogens is 1. The van der Waals surface area contributed by atoms with Gasteiger partial charge in [-0.2, -0.15) is 0 Å². The van der Waals surface area contributed by atoms with E-state index in [1.54, 1.807) is 6.07 Å². The smallest absolute Gasteiger partial charge is 0.475 e. The molecule has 156 valence electrons. The van der Waals surface area contributed by atoms with Gasteiger partial charge in [0.15, 0.2) is 0 Å². The number of hydrogen-bond acceptors (Lipinski definition) is 5. The van der Waals surface area contributed by atoms with Gasteiger partial charge in [0.25, 0.3) is 5.91 Å². The van der Waals surface area contributed by atoms with Gasteiger partial charge in [0, 0.05) is 0 Å². The number of nitrogens with one attached hydrogen (secondary N) is 2. The molecule has 0 bridgehead atoms. The highest BCUT2D eigenvalue weighted by molar-refractivity contribution is 6.43. The molecule has 0 saturated heterocycles. The Morgan fingerprint density at radius 1 is 1.11 bits per heavy atom. The van der Waals surface area contributed by atoms with Crippen LogP contribution in [0.4, 0.5) is 0 Å². The molecule has 4 N–H and O–H groups in total. The Kier molecular flexibility index (Phi) is 9.79. The maximum Gasteiger partial charge on any atom is 0.475 e. The van der Waals surface area contributed by atoms with Crippen LogP contribution in [0.1, 0.15) is 50.9 Å². The molecule has 1 aromatic rings. The van der Waals surface area contributed by atoms with Crippen LogP contribution < -0.4 is 15.4 Å². The fraction of sp³-hybridized carbons (Fsp3) is 0.579. The average molecular weight is 413 g/mol. The molecule has 9 heteroatoms. The third-order valence-corrected chi connectivity index (χ3v) is 4.48. The largest absolute Gasteiger partial charge is 0.497 e. The molecule has 0 aromatic heterocycles. The first-order valence-electron chi connectivity index (χ1n) is 9.36. The van der Waals surface area contributed by atoms with Crippen molar-refractivity contribution in [2.75, 3.05) is 7.11 Å². The molecule has 0 fully saturated rings. The van der Waals surface area contributed by atoms with Gasteiger partial charge in [-0.15, -0.1) is 0 Å². The van der Waals surface area contributed by atoms with Crippen molar-refractivity contribution in [3.05, 3.63) is 28.8 Å². The predicted molar refractivity (Wildman–Crippen MR) is 110 cm³/mol. The third kappa shape index (κ3) is 7.69.